The van der Waals surface area contributed by atoms with Gasteiger partial charge in [-0.15, -0.1) is 5.10 Å². The molecule has 1 heterocycles. The maximum absolute atomic E-state index is 12.9. The predicted octanol–water partition coefficient (Wildman–Crippen LogP) is 3.14. The molecule has 1 aromatic heterocycles. The first-order valence-electron chi connectivity index (χ1n) is 6.88. The third-order valence-corrected chi connectivity index (χ3v) is 4.30. The maximum atomic E-state index is 12.9. The van der Waals surface area contributed by atoms with Crippen LogP contribution in [-0.4, -0.2) is 21.5 Å². The SMILES string of the molecule is Cc1nnc2c(=C(O)C(F)(F)F)cc3c4c(ccc1c42)CC3. The molecule has 0 spiro atoms. The van der Waals surface area contributed by atoms with Crippen molar-refractivity contribution in [2.45, 2.75) is 25.9 Å². The van der Waals surface area contributed by atoms with Crippen LogP contribution in [-0.2, 0) is 12.8 Å². The first-order chi connectivity index (χ1) is 10.4. The van der Waals surface area contributed by atoms with E-state index in [-0.39, 0.29) is 10.7 Å². The minimum atomic E-state index is -4.81. The van der Waals surface area contributed by atoms with Crippen molar-refractivity contribution in [3.63, 3.8) is 0 Å². The average molecular weight is 304 g/mol. The van der Waals surface area contributed by atoms with E-state index in [1.807, 2.05) is 12.1 Å². The minimum absolute atomic E-state index is 0.109. The number of rotatable bonds is 0. The van der Waals surface area contributed by atoms with Gasteiger partial charge in [0.25, 0.3) is 0 Å². The monoisotopic (exact) mass is 304 g/mol. The summed E-state index contributed by atoms with van der Waals surface area (Å²) in [5.74, 6) is -1.61. The molecule has 0 atom stereocenters. The number of nitrogens with zero attached hydrogens (tertiary/aromatic N) is 2. The van der Waals surface area contributed by atoms with E-state index in [9.17, 15) is 18.3 Å². The number of halogens is 3. The third-order valence-electron chi connectivity index (χ3n) is 4.30. The van der Waals surface area contributed by atoms with Crippen LogP contribution in [0, 0.1) is 6.92 Å². The average Bonchev–Trinajstić information content (AvgIpc) is 2.89. The van der Waals surface area contributed by atoms with Crippen LogP contribution >= 0.6 is 0 Å². The van der Waals surface area contributed by atoms with Gasteiger partial charge in [0.05, 0.1) is 10.9 Å². The molecule has 6 heteroatoms. The fraction of sp³-hybridized carbons (Fsp3) is 0.250. The third kappa shape index (κ3) is 1.63. The van der Waals surface area contributed by atoms with Gasteiger partial charge in [-0.1, -0.05) is 12.1 Å². The minimum Gasteiger partial charge on any atom is -0.504 e. The lowest BCUT2D eigenvalue weighted by Gasteiger charge is -2.11. The van der Waals surface area contributed by atoms with Gasteiger partial charge in [0.2, 0.25) is 5.76 Å². The molecular weight excluding hydrogens is 293 g/mol. The molecule has 0 aliphatic heterocycles. The van der Waals surface area contributed by atoms with Crippen molar-refractivity contribution < 1.29 is 18.3 Å². The molecule has 0 radical (unpaired) electrons. The largest absolute Gasteiger partial charge is 0.504 e. The van der Waals surface area contributed by atoms with Gasteiger partial charge in [-0.05, 0) is 42.3 Å². The van der Waals surface area contributed by atoms with E-state index in [0.29, 0.717) is 17.5 Å². The van der Waals surface area contributed by atoms with Crippen LogP contribution in [0.2, 0.25) is 0 Å². The van der Waals surface area contributed by atoms with E-state index in [0.717, 1.165) is 28.3 Å². The lowest BCUT2D eigenvalue weighted by molar-refractivity contribution is -0.0896. The Morgan fingerprint density at radius 2 is 1.82 bits per heavy atom. The van der Waals surface area contributed by atoms with Gasteiger partial charge in [-0.25, -0.2) is 0 Å². The van der Waals surface area contributed by atoms with Gasteiger partial charge in [0, 0.05) is 10.8 Å². The molecule has 1 N–H and O–H groups in total. The van der Waals surface area contributed by atoms with Gasteiger partial charge in [-0.2, -0.15) is 18.3 Å². The number of aryl methyl sites for hydroxylation is 3. The molecule has 22 heavy (non-hydrogen) atoms. The van der Waals surface area contributed by atoms with Crippen molar-refractivity contribution in [1.29, 1.82) is 0 Å². The van der Waals surface area contributed by atoms with Crippen molar-refractivity contribution in [3.05, 3.63) is 40.2 Å². The summed E-state index contributed by atoms with van der Waals surface area (Å²) >= 11 is 0. The van der Waals surface area contributed by atoms with E-state index in [4.69, 9.17) is 0 Å². The zero-order valence-corrected chi connectivity index (χ0v) is 11.6. The molecule has 0 fully saturated rings. The number of benzene rings is 2. The number of alkyl halides is 3. The molecule has 3 aromatic rings. The van der Waals surface area contributed by atoms with Crippen LogP contribution in [0.25, 0.3) is 27.4 Å². The predicted molar refractivity (Wildman–Crippen MR) is 76.5 cm³/mol. The van der Waals surface area contributed by atoms with E-state index < -0.39 is 11.9 Å². The molecule has 2 aromatic carbocycles. The van der Waals surface area contributed by atoms with Crippen LogP contribution in [0.5, 0.6) is 0 Å². The molecule has 4 rings (SSSR count). The highest BCUT2D eigenvalue weighted by Crippen LogP contribution is 2.36. The topological polar surface area (TPSA) is 46.0 Å². The molecular formula is C16H11F3N2O. The zero-order valence-electron chi connectivity index (χ0n) is 11.6. The quantitative estimate of drug-likeness (QED) is 0.694. The normalized spacial score (nSPS) is 15.8. The smallest absolute Gasteiger partial charge is 0.449 e. The van der Waals surface area contributed by atoms with Crippen LogP contribution in [0.4, 0.5) is 13.2 Å². The molecule has 0 bridgehead atoms. The first kappa shape index (κ1) is 13.3. The zero-order chi connectivity index (χ0) is 15.6. The lowest BCUT2D eigenvalue weighted by atomic mass is 9.97. The number of hydrogen-bond donors (Lipinski definition) is 1. The summed E-state index contributed by atoms with van der Waals surface area (Å²) in [6.07, 6.45) is -3.35. The number of aliphatic hydroxyl groups excluding tert-OH is 1. The maximum Gasteiger partial charge on any atom is 0.449 e. The highest BCUT2D eigenvalue weighted by atomic mass is 19.4. The fourth-order valence-corrected chi connectivity index (χ4v) is 3.30. The Hall–Kier alpha value is -2.37. The summed E-state index contributed by atoms with van der Waals surface area (Å²) in [5.41, 5.74) is 2.71. The van der Waals surface area contributed by atoms with Gasteiger partial charge >= 0.3 is 6.18 Å². The summed E-state index contributed by atoms with van der Waals surface area (Å²) in [4.78, 5) is 0. The Bertz CT molecular complexity index is 992. The summed E-state index contributed by atoms with van der Waals surface area (Å²) in [5, 5.41) is 19.7. The summed E-state index contributed by atoms with van der Waals surface area (Å²) in [7, 11) is 0. The van der Waals surface area contributed by atoms with E-state index in [1.54, 1.807) is 6.92 Å². The molecule has 0 amide bonds. The van der Waals surface area contributed by atoms with Gasteiger partial charge in [-0.3, -0.25) is 0 Å². The Morgan fingerprint density at radius 1 is 1.09 bits per heavy atom. The van der Waals surface area contributed by atoms with Gasteiger partial charge in [0.15, 0.2) is 0 Å². The summed E-state index contributed by atoms with van der Waals surface area (Å²) in [6.45, 7) is 1.78. The van der Waals surface area contributed by atoms with Crippen molar-refractivity contribution in [1.82, 2.24) is 10.2 Å². The standard InChI is InChI=1S/C16H11F3N2O/c1-7-10-5-4-8-2-3-9-6-11(15(22)16(17,18)19)14(21-20-7)13(10)12(8)9/h4-6,22H,2-3H2,1H3. The van der Waals surface area contributed by atoms with E-state index in [2.05, 4.69) is 10.2 Å². The summed E-state index contributed by atoms with van der Waals surface area (Å²) in [6, 6.07) is 5.27. The van der Waals surface area contributed by atoms with Crippen molar-refractivity contribution in [3.8, 4) is 0 Å². The van der Waals surface area contributed by atoms with Gasteiger partial charge < -0.3 is 5.11 Å². The highest BCUT2D eigenvalue weighted by molar-refractivity contribution is 6.12. The molecule has 1 aliphatic rings. The molecule has 1 aliphatic carbocycles. The summed E-state index contributed by atoms with van der Waals surface area (Å²) < 4.78 is 38.8. The van der Waals surface area contributed by atoms with Crippen molar-refractivity contribution in [2.75, 3.05) is 0 Å². The highest BCUT2D eigenvalue weighted by Gasteiger charge is 2.35. The number of hydrogen-bond acceptors (Lipinski definition) is 3. The fourth-order valence-electron chi connectivity index (χ4n) is 3.30. The van der Waals surface area contributed by atoms with Crippen LogP contribution < -0.4 is 5.22 Å². The van der Waals surface area contributed by atoms with Crippen LogP contribution in [0.3, 0.4) is 0 Å². The lowest BCUT2D eigenvalue weighted by Crippen LogP contribution is -2.22. The Kier molecular flexibility index (Phi) is 2.47. The molecule has 0 saturated carbocycles. The number of aromatic nitrogens is 2. The second-order valence-electron chi connectivity index (χ2n) is 5.59. The Morgan fingerprint density at radius 3 is 2.55 bits per heavy atom. The second-order valence-corrected chi connectivity index (χ2v) is 5.59. The Labute approximate surface area is 123 Å². The van der Waals surface area contributed by atoms with Crippen molar-refractivity contribution in [2.24, 2.45) is 0 Å². The Balaban J connectivity index is 2.33. The number of aliphatic hydroxyl groups is 1. The van der Waals surface area contributed by atoms with Crippen molar-refractivity contribution >= 4 is 27.4 Å². The van der Waals surface area contributed by atoms with E-state index in [1.165, 1.54) is 6.07 Å². The molecule has 0 unspecified atom stereocenters. The van der Waals surface area contributed by atoms with Gasteiger partial charge in [0.1, 0.15) is 5.52 Å². The molecule has 3 nitrogen and oxygen atoms in total. The van der Waals surface area contributed by atoms with Crippen LogP contribution in [0.15, 0.2) is 18.2 Å². The van der Waals surface area contributed by atoms with E-state index >= 15 is 0 Å². The first-order valence-corrected chi connectivity index (χ1v) is 6.88. The molecule has 112 valence electrons. The molecule has 0 saturated heterocycles. The second kappa shape index (κ2) is 4.09. The van der Waals surface area contributed by atoms with Crippen LogP contribution in [0.1, 0.15) is 16.8 Å².